The van der Waals surface area contributed by atoms with Crippen LogP contribution < -0.4 is 5.32 Å². The number of aliphatic hydroxyl groups is 5. The largest absolute Gasteiger partial charge is 0.394 e. The minimum Gasteiger partial charge on any atom is -0.394 e. The summed E-state index contributed by atoms with van der Waals surface area (Å²) in [6.07, 6.45) is 15.5. The first-order chi connectivity index (χ1) is 17.9. The van der Waals surface area contributed by atoms with E-state index in [0.717, 1.165) is 12.8 Å². The van der Waals surface area contributed by atoms with Gasteiger partial charge in [0.25, 0.3) is 0 Å². The zero-order chi connectivity index (χ0) is 27.3. The predicted octanol–water partition coefficient (Wildman–Crippen LogP) is 4.14. The molecule has 1 rings (SSSR count). The number of nitrogens with one attached hydrogen (secondary N) is 1. The van der Waals surface area contributed by atoms with Crippen LogP contribution >= 0.6 is 0 Å². The number of hydrogen-bond acceptors (Lipinski definition) is 8. The van der Waals surface area contributed by atoms with Gasteiger partial charge in [0, 0.05) is 0 Å². The summed E-state index contributed by atoms with van der Waals surface area (Å²) in [6.45, 7) is 3.97. The molecule has 0 spiro atoms. The molecule has 0 amide bonds. The van der Waals surface area contributed by atoms with Gasteiger partial charge < -0.3 is 35.0 Å². The van der Waals surface area contributed by atoms with Gasteiger partial charge in [-0.05, 0) is 19.9 Å². The summed E-state index contributed by atoms with van der Waals surface area (Å²) in [4.78, 5) is 0. The van der Waals surface area contributed by atoms with Crippen molar-refractivity contribution in [1.29, 1.82) is 0 Å². The number of ether oxygens (including phenoxy) is 2. The third-order valence-electron chi connectivity index (χ3n) is 7.44. The lowest BCUT2D eigenvalue weighted by atomic mass is 9.99. The fourth-order valence-corrected chi connectivity index (χ4v) is 4.93. The van der Waals surface area contributed by atoms with Crippen LogP contribution in [0.1, 0.15) is 129 Å². The maximum Gasteiger partial charge on any atom is 0.188 e. The standard InChI is InChI=1S/C29H59NO7/c1-3-4-5-6-7-8-9-10-11-12-13-14-15-16-17-18-19-20-21-30-28(23(2)32)37-29-27(35)26(34)25(33)24(22-31)36-29/h23-35H,3-22H2,1-2H3/t23?,24-,25+,26+,27-,28?,29+/m1/s1. The van der Waals surface area contributed by atoms with E-state index in [4.69, 9.17) is 9.47 Å². The molecule has 1 fully saturated rings. The molecule has 0 aromatic rings. The molecule has 222 valence electrons. The van der Waals surface area contributed by atoms with Gasteiger partial charge in [-0.25, -0.2) is 0 Å². The van der Waals surface area contributed by atoms with Gasteiger partial charge >= 0.3 is 0 Å². The minimum absolute atomic E-state index is 0.517. The van der Waals surface area contributed by atoms with Crippen LogP contribution in [0.5, 0.6) is 0 Å². The van der Waals surface area contributed by atoms with Crippen LogP contribution in [0.25, 0.3) is 0 Å². The summed E-state index contributed by atoms with van der Waals surface area (Å²) in [6, 6.07) is 0. The molecule has 0 aromatic carbocycles. The second-order valence-corrected chi connectivity index (χ2v) is 11.0. The number of unbranched alkanes of at least 4 members (excludes halogenated alkanes) is 17. The van der Waals surface area contributed by atoms with Crippen LogP contribution in [0.4, 0.5) is 0 Å². The van der Waals surface area contributed by atoms with E-state index in [1.165, 1.54) is 103 Å². The third-order valence-corrected chi connectivity index (χ3v) is 7.44. The molecule has 1 heterocycles. The summed E-state index contributed by atoms with van der Waals surface area (Å²) in [5, 5.41) is 52.4. The lowest BCUT2D eigenvalue weighted by molar-refractivity contribution is -0.319. The Balaban J connectivity index is 1.98. The van der Waals surface area contributed by atoms with Crippen molar-refractivity contribution in [2.24, 2.45) is 0 Å². The van der Waals surface area contributed by atoms with E-state index in [9.17, 15) is 25.5 Å². The molecule has 6 N–H and O–H groups in total. The van der Waals surface area contributed by atoms with Gasteiger partial charge in [0.2, 0.25) is 0 Å². The molecule has 0 saturated carbocycles. The molecule has 1 aliphatic heterocycles. The summed E-state index contributed by atoms with van der Waals surface area (Å²) >= 11 is 0. The molecule has 8 heteroatoms. The maximum atomic E-state index is 10.1. The average Bonchev–Trinajstić information content (AvgIpc) is 2.89. The summed E-state index contributed by atoms with van der Waals surface area (Å²) in [5.41, 5.74) is 0. The highest BCUT2D eigenvalue weighted by Gasteiger charge is 2.45. The first-order valence-electron chi connectivity index (χ1n) is 15.3. The van der Waals surface area contributed by atoms with Crippen molar-refractivity contribution < 1.29 is 35.0 Å². The highest BCUT2D eigenvalue weighted by Crippen LogP contribution is 2.23. The van der Waals surface area contributed by atoms with E-state index >= 15 is 0 Å². The molecule has 1 aliphatic rings. The van der Waals surface area contributed by atoms with E-state index in [1.54, 1.807) is 6.92 Å². The van der Waals surface area contributed by atoms with Crippen molar-refractivity contribution in [3.63, 3.8) is 0 Å². The molecular weight excluding hydrogens is 474 g/mol. The van der Waals surface area contributed by atoms with Gasteiger partial charge in [0.1, 0.15) is 30.6 Å². The van der Waals surface area contributed by atoms with E-state index in [2.05, 4.69) is 12.2 Å². The van der Waals surface area contributed by atoms with Gasteiger partial charge in [-0.3, -0.25) is 5.32 Å². The topological polar surface area (TPSA) is 132 Å². The van der Waals surface area contributed by atoms with Gasteiger partial charge in [-0.15, -0.1) is 0 Å². The van der Waals surface area contributed by atoms with Gasteiger partial charge in [0.05, 0.1) is 12.7 Å². The zero-order valence-corrected chi connectivity index (χ0v) is 23.7. The van der Waals surface area contributed by atoms with Crippen molar-refractivity contribution in [1.82, 2.24) is 5.32 Å². The van der Waals surface area contributed by atoms with E-state index in [1.807, 2.05) is 0 Å². The Morgan fingerprint density at radius 3 is 1.51 bits per heavy atom. The Hall–Kier alpha value is -0.320. The van der Waals surface area contributed by atoms with E-state index in [-0.39, 0.29) is 0 Å². The van der Waals surface area contributed by atoms with Crippen molar-refractivity contribution in [2.75, 3.05) is 13.2 Å². The fraction of sp³-hybridized carbons (Fsp3) is 1.00. The third kappa shape index (κ3) is 15.8. The van der Waals surface area contributed by atoms with Crippen molar-refractivity contribution >= 4 is 0 Å². The lowest BCUT2D eigenvalue weighted by Gasteiger charge is -2.41. The molecule has 0 aliphatic carbocycles. The smallest absolute Gasteiger partial charge is 0.188 e. The molecule has 0 bridgehead atoms. The summed E-state index contributed by atoms with van der Waals surface area (Å²) in [7, 11) is 0. The second-order valence-electron chi connectivity index (χ2n) is 11.0. The van der Waals surface area contributed by atoms with Crippen LogP contribution in [0.15, 0.2) is 0 Å². The van der Waals surface area contributed by atoms with E-state index in [0.29, 0.717) is 6.54 Å². The SMILES string of the molecule is CCCCCCCCCCCCCCCCCCCCNC(O[C@@H]1O[C@H](CO)[C@H](O)[C@H](O)[C@H]1O)C(C)O. The van der Waals surface area contributed by atoms with Crippen molar-refractivity contribution in [2.45, 2.75) is 172 Å². The molecule has 0 radical (unpaired) electrons. The average molecular weight is 534 g/mol. The van der Waals surface area contributed by atoms with Crippen molar-refractivity contribution in [3.8, 4) is 0 Å². The second kappa shape index (κ2) is 22.5. The lowest BCUT2D eigenvalue weighted by Crippen LogP contribution is -2.61. The van der Waals surface area contributed by atoms with Crippen LogP contribution in [-0.4, -0.2) is 81.7 Å². The maximum absolute atomic E-state index is 10.1. The molecule has 8 nitrogen and oxygen atoms in total. The van der Waals surface area contributed by atoms with Crippen molar-refractivity contribution in [3.05, 3.63) is 0 Å². The number of hydrogen-bond donors (Lipinski definition) is 6. The Morgan fingerprint density at radius 1 is 0.676 bits per heavy atom. The molecule has 0 aromatic heterocycles. The van der Waals surface area contributed by atoms with Gasteiger partial charge in [-0.2, -0.15) is 0 Å². The summed E-state index contributed by atoms with van der Waals surface area (Å²) < 4.78 is 11.0. The Bertz CT molecular complexity index is 509. The van der Waals surface area contributed by atoms with Crippen LogP contribution in [0.3, 0.4) is 0 Å². The Labute approximate surface area is 226 Å². The molecule has 2 unspecified atom stereocenters. The van der Waals surface area contributed by atoms with Crippen LogP contribution in [-0.2, 0) is 9.47 Å². The van der Waals surface area contributed by atoms with E-state index < -0.39 is 49.6 Å². The highest BCUT2D eigenvalue weighted by atomic mass is 16.7. The predicted molar refractivity (Wildman–Crippen MR) is 147 cm³/mol. The zero-order valence-electron chi connectivity index (χ0n) is 23.7. The molecule has 1 saturated heterocycles. The number of rotatable bonds is 24. The summed E-state index contributed by atoms with van der Waals surface area (Å²) in [5.74, 6) is 0. The highest BCUT2D eigenvalue weighted by molar-refractivity contribution is 4.89. The monoisotopic (exact) mass is 533 g/mol. The fourth-order valence-electron chi connectivity index (χ4n) is 4.93. The van der Waals surface area contributed by atoms with Crippen LogP contribution in [0, 0.1) is 0 Å². The molecule has 37 heavy (non-hydrogen) atoms. The Kier molecular flexibility index (Phi) is 21.1. The van der Waals surface area contributed by atoms with Gasteiger partial charge in [0.15, 0.2) is 6.29 Å². The molecule has 7 atom stereocenters. The van der Waals surface area contributed by atoms with Crippen LogP contribution in [0.2, 0.25) is 0 Å². The normalized spacial score (nSPS) is 25.9. The minimum atomic E-state index is -1.50. The quantitative estimate of drug-likeness (QED) is 0.0806. The first-order valence-corrected chi connectivity index (χ1v) is 15.3. The Morgan fingerprint density at radius 2 is 1.11 bits per heavy atom. The first kappa shape index (κ1) is 34.7. The molecular formula is C29H59NO7. The van der Waals surface area contributed by atoms with Gasteiger partial charge in [-0.1, -0.05) is 116 Å². The number of aliphatic hydroxyl groups excluding tert-OH is 5.